The summed E-state index contributed by atoms with van der Waals surface area (Å²) in [6.07, 6.45) is 0. The number of aryl methyl sites for hydroxylation is 2. The van der Waals surface area contributed by atoms with Crippen LogP contribution in [0.3, 0.4) is 0 Å². The molecule has 0 saturated heterocycles. The molecule has 0 atom stereocenters. The van der Waals surface area contributed by atoms with Crippen LogP contribution >= 0.6 is 23.4 Å². The quantitative estimate of drug-likeness (QED) is 0.497. The van der Waals surface area contributed by atoms with E-state index >= 15 is 0 Å². The first kappa shape index (κ1) is 21.1. The topological polar surface area (TPSA) is 64.6 Å². The molecule has 0 aliphatic heterocycles. The maximum Gasteiger partial charge on any atom is 0.316 e. The Morgan fingerprint density at radius 1 is 1.04 bits per heavy atom. The van der Waals surface area contributed by atoms with E-state index in [4.69, 9.17) is 21.1 Å². The average Bonchev–Trinajstić information content (AvgIpc) is 2.63. The molecule has 1 N–H and O–H groups in total. The molecule has 5 nitrogen and oxygen atoms in total. The lowest BCUT2D eigenvalue weighted by Gasteiger charge is -2.09. The molecule has 0 fully saturated rings. The minimum Gasteiger partial charge on any atom is -0.490 e. The second kappa shape index (κ2) is 10.8. The van der Waals surface area contributed by atoms with E-state index in [1.54, 1.807) is 24.3 Å². The number of benzene rings is 2. The number of thioether (sulfide) groups is 1. The van der Waals surface area contributed by atoms with Crippen LogP contribution in [0.5, 0.6) is 5.75 Å². The Labute approximate surface area is 168 Å². The molecule has 0 aliphatic rings. The van der Waals surface area contributed by atoms with E-state index in [-0.39, 0.29) is 36.6 Å². The largest absolute Gasteiger partial charge is 0.490 e. The molecule has 7 heteroatoms. The van der Waals surface area contributed by atoms with Crippen molar-refractivity contribution in [2.24, 2.45) is 0 Å². The van der Waals surface area contributed by atoms with Crippen LogP contribution in [0.4, 0.5) is 5.69 Å². The van der Waals surface area contributed by atoms with Gasteiger partial charge in [0.1, 0.15) is 19.0 Å². The average molecular weight is 408 g/mol. The highest BCUT2D eigenvalue weighted by Gasteiger charge is 2.08. The van der Waals surface area contributed by atoms with Crippen molar-refractivity contribution in [1.82, 2.24) is 0 Å². The first-order valence-corrected chi connectivity index (χ1v) is 9.96. The lowest BCUT2D eigenvalue weighted by Crippen LogP contribution is -2.18. The standard InChI is InChI=1S/C20H22ClNO4S/c1-14-3-8-18(15(2)11-14)22-19(23)12-27-13-20(24)26-10-9-25-17-6-4-16(21)5-7-17/h3-8,11H,9-10,12-13H2,1-2H3,(H,22,23). The van der Waals surface area contributed by atoms with Gasteiger partial charge in [0.05, 0.1) is 11.5 Å². The molecule has 0 saturated carbocycles. The number of hydrogen-bond acceptors (Lipinski definition) is 5. The van der Waals surface area contributed by atoms with Crippen LogP contribution in [-0.4, -0.2) is 36.6 Å². The fourth-order valence-electron chi connectivity index (χ4n) is 2.25. The van der Waals surface area contributed by atoms with Crippen molar-refractivity contribution in [2.75, 3.05) is 30.0 Å². The minimum absolute atomic E-state index is 0.112. The second-order valence-electron chi connectivity index (χ2n) is 5.88. The zero-order valence-corrected chi connectivity index (χ0v) is 16.9. The summed E-state index contributed by atoms with van der Waals surface area (Å²) in [5.41, 5.74) is 2.93. The number of hydrogen-bond donors (Lipinski definition) is 1. The molecule has 27 heavy (non-hydrogen) atoms. The molecule has 0 bridgehead atoms. The predicted octanol–water partition coefficient (Wildman–Crippen LogP) is 4.25. The number of halogens is 1. The van der Waals surface area contributed by atoms with Gasteiger partial charge in [0.15, 0.2) is 0 Å². The number of carbonyl (C=O) groups is 2. The molecule has 0 unspecified atom stereocenters. The molecular formula is C20H22ClNO4S. The Kier molecular flexibility index (Phi) is 8.48. The van der Waals surface area contributed by atoms with Gasteiger partial charge in [0.25, 0.3) is 0 Å². The summed E-state index contributed by atoms with van der Waals surface area (Å²) in [7, 11) is 0. The van der Waals surface area contributed by atoms with Gasteiger partial charge in [0, 0.05) is 10.7 Å². The number of anilines is 1. The third-order valence-corrected chi connectivity index (χ3v) is 4.70. The van der Waals surface area contributed by atoms with Gasteiger partial charge in [-0.15, -0.1) is 11.8 Å². The van der Waals surface area contributed by atoms with Crippen molar-refractivity contribution < 1.29 is 19.1 Å². The van der Waals surface area contributed by atoms with Gasteiger partial charge in [-0.05, 0) is 49.7 Å². The normalized spacial score (nSPS) is 10.3. The molecule has 0 aliphatic carbocycles. The van der Waals surface area contributed by atoms with Gasteiger partial charge in [0.2, 0.25) is 5.91 Å². The van der Waals surface area contributed by atoms with Gasteiger partial charge in [-0.3, -0.25) is 9.59 Å². The Balaban J connectivity index is 1.58. The van der Waals surface area contributed by atoms with Crippen molar-refractivity contribution in [3.05, 3.63) is 58.6 Å². The zero-order chi connectivity index (χ0) is 19.6. The van der Waals surface area contributed by atoms with E-state index in [0.717, 1.165) is 16.8 Å². The number of esters is 1. The van der Waals surface area contributed by atoms with Crippen LogP contribution in [0.1, 0.15) is 11.1 Å². The molecule has 0 aromatic heterocycles. The summed E-state index contributed by atoms with van der Waals surface area (Å²) >= 11 is 7.00. The molecule has 1 amide bonds. The number of amides is 1. The monoisotopic (exact) mass is 407 g/mol. The summed E-state index contributed by atoms with van der Waals surface area (Å²) in [6.45, 7) is 4.35. The van der Waals surface area contributed by atoms with Gasteiger partial charge in [-0.25, -0.2) is 0 Å². The van der Waals surface area contributed by atoms with Crippen molar-refractivity contribution in [2.45, 2.75) is 13.8 Å². The predicted molar refractivity (Wildman–Crippen MR) is 110 cm³/mol. The molecule has 144 valence electrons. The van der Waals surface area contributed by atoms with E-state index in [1.807, 2.05) is 32.0 Å². The fourth-order valence-corrected chi connectivity index (χ4v) is 2.99. The van der Waals surface area contributed by atoms with E-state index in [2.05, 4.69) is 5.32 Å². The maximum atomic E-state index is 12.0. The summed E-state index contributed by atoms with van der Waals surface area (Å²) in [5, 5.41) is 3.48. The van der Waals surface area contributed by atoms with E-state index in [9.17, 15) is 9.59 Å². The van der Waals surface area contributed by atoms with E-state index < -0.39 is 0 Å². The Morgan fingerprint density at radius 3 is 2.48 bits per heavy atom. The summed E-state index contributed by atoms with van der Waals surface area (Å²) in [6, 6.07) is 12.8. The first-order chi connectivity index (χ1) is 12.9. The van der Waals surface area contributed by atoms with Gasteiger partial charge >= 0.3 is 5.97 Å². The lowest BCUT2D eigenvalue weighted by atomic mass is 10.1. The van der Waals surface area contributed by atoms with Crippen molar-refractivity contribution in [3.63, 3.8) is 0 Å². The highest BCUT2D eigenvalue weighted by molar-refractivity contribution is 8.00. The maximum absolute atomic E-state index is 12.0. The lowest BCUT2D eigenvalue weighted by molar-refractivity contribution is -0.141. The number of ether oxygens (including phenoxy) is 2. The van der Waals surface area contributed by atoms with E-state index in [1.165, 1.54) is 11.8 Å². The summed E-state index contributed by atoms with van der Waals surface area (Å²) in [5.74, 6) is 0.433. The van der Waals surface area contributed by atoms with Crippen LogP contribution in [0.25, 0.3) is 0 Å². The van der Waals surface area contributed by atoms with Crippen molar-refractivity contribution in [3.8, 4) is 5.75 Å². The molecule has 2 aromatic rings. The fraction of sp³-hybridized carbons (Fsp3) is 0.300. The van der Waals surface area contributed by atoms with Crippen LogP contribution < -0.4 is 10.1 Å². The SMILES string of the molecule is Cc1ccc(NC(=O)CSCC(=O)OCCOc2ccc(Cl)cc2)c(C)c1. The van der Waals surface area contributed by atoms with Crippen LogP contribution in [0, 0.1) is 13.8 Å². The highest BCUT2D eigenvalue weighted by atomic mass is 35.5. The Hall–Kier alpha value is -2.18. The number of rotatable bonds is 9. The molecule has 2 aromatic carbocycles. The zero-order valence-electron chi connectivity index (χ0n) is 15.3. The Bertz CT molecular complexity index is 780. The molecule has 0 heterocycles. The molecule has 0 spiro atoms. The summed E-state index contributed by atoms with van der Waals surface area (Å²) in [4.78, 5) is 23.6. The second-order valence-corrected chi connectivity index (χ2v) is 7.30. The van der Waals surface area contributed by atoms with Gasteiger partial charge in [-0.1, -0.05) is 29.3 Å². The smallest absolute Gasteiger partial charge is 0.316 e. The molecular weight excluding hydrogens is 386 g/mol. The van der Waals surface area contributed by atoms with Gasteiger partial charge in [-0.2, -0.15) is 0 Å². The van der Waals surface area contributed by atoms with Gasteiger partial charge < -0.3 is 14.8 Å². The molecule has 2 rings (SSSR count). The first-order valence-electron chi connectivity index (χ1n) is 8.43. The van der Waals surface area contributed by atoms with Crippen molar-refractivity contribution in [1.29, 1.82) is 0 Å². The summed E-state index contributed by atoms with van der Waals surface area (Å²) < 4.78 is 10.5. The third kappa shape index (κ3) is 7.93. The minimum atomic E-state index is -0.376. The molecule has 0 radical (unpaired) electrons. The number of nitrogens with one attached hydrogen (secondary N) is 1. The van der Waals surface area contributed by atoms with Crippen molar-refractivity contribution >= 4 is 40.9 Å². The Morgan fingerprint density at radius 2 is 1.78 bits per heavy atom. The van der Waals surface area contributed by atoms with Crippen LogP contribution in [0.15, 0.2) is 42.5 Å². The third-order valence-electron chi connectivity index (χ3n) is 3.54. The van der Waals surface area contributed by atoms with E-state index in [0.29, 0.717) is 10.8 Å². The van der Waals surface area contributed by atoms with Crippen LogP contribution in [0.2, 0.25) is 5.02 Å². The number of carbonyl (C=O) groups excluding carboxylic acids is 2. The highest BCUT2D eigenvalue weighted by Crippen LogP contribution is 2.17. The van der Waals surface area contributed by atoms with Crippen LogP contribution in [-0.2, 0) is 14.3 Å².